The molecular weight excluding hydrogens is 398 g/mol. The van der Waals surface area contributed by atoms with E-state index in [1.807, 2.05) is 13.0 Å². The van der Waals surface area contributed by atoms with Gasteiger partial charge in [0.1, 0.15) is 11.6 Å². The zero-order valence-corrected chi connectivity index (χ0v) is 20.0. The lowest BCUT2D eigenvalue weighted by atomic mass is 9.86. The number of fused-ring (bicyclic) bond motifs is 1. The van der Waals surface area contributed by atoms with Gasteiger partial charge in [0.25, 0.3) is 0 Å². The Hall–Kier alpha value is -2.34. The summed E-state index contributed by atoms with van der Waals surface area (Å²) in [7, 11) is 4.18. The molecule has 174 valence electrons. The molecule has 2 aliphatic carbocycles. The van der Waals surface area contributed by atoms with E-state index >= 15 is 0 Å². The third-order valence-electron chi connectivity index (χ3n) is 6.79. The number of hydrogen-bond acceptors (Lipinski definition) is 6. The standard InChI is InChI=1S/C26H39N5O/c1-4-32-24-12-8-5-9-20(24)18-27-17-19-13-15-21(16-14-19)28-26-29-23-11-7-6-10-22(23)25(30-26)31(2)3/h5,8-9,12,19,21,27H,4,6-7,10-11,13-18H2,1-3H3,(H,28,29,30)/t19-,21+. The van der Waals surface area contributed by atoms with Crippen molar-refractivity contribution in [3.8, 4) is 5.75 Å². The van der Waals surface area contributed by atoms with Crippen molar-refractivity contribution in [2.75, 3.05) is 37.5 Å². The number of hydrogen-bond donors (Lipinski definition) is 2. The van der Waals surface area contributed by atoms with Crippen molar-refractivity contribution in [1.82, 2.24) is 15.3 Å². The van der Waals surface area contributed by atoms with Crippen LogP contribution < -0.4 is 20.3 Å². The molecule has 1 aromatic carbocycles. The predicted molar refractivity (Wildman–Crippen MR) is 132 cm³/mol. The summed E-state index contributed by atoms with van der Waals surface area (Å²) in [5.74, 6) is 3.65. The van der Waals surface area contributed by atoms with E-state index in [0.717, 1.165) is 49.4 Å². The fourth-order valence-electron chi connectivity index (χ4n) is 5.06. The normalized spacial score (nSPS) is 20.5. The number of nitrogens with zero attached hydrogens (tertiary/aromatic N) is 3. The zero-order chi connectivity index (χ0) is 22.3. The predicted octanol–water partition coefficient (Wildman–Crippen LogP) is 4.58. The van der Waals surface area contributed by atoms with Crippen molar-refractivity contribution in [3.63, 3.8) is 0 Å². The second-order valence-corrected chi connectivity index (χ2v) is 9.43. The summed E-state index contributed by atoms with van der Waals surface area (Å²) >= 11 is 0. The number of benzene rings is 1. The van der Waals surface area contributed by atoms with Gasteiger partial charge in [-0.2, -0.15) is 4.98 Å². The van der Waals surface area contributed by atoms with Crippen molar-refractivity contribution in [3.05, 3.63) is 41.1 Å². The fourth-order valence-corrected chi connectivity index (χ4v) is 5.06. The van der Waals surface area contributed by atoms with Crippen molar-refractivity contribution < 1.29 is 4.74 Å². The van der Waals surface area contributed by atoms with Crippen LogP contribution in [0.5, 0.6) is 5.75 Å². The van der Waals surface area contributed by atoms with E-state index in [0.29, 0.717) is 12.6 Å². The maximum absolute atomic E-state index is 5.74. The highest BCUT2D eigenvalue weighted by molar-refractivity contribution is 5.52. The number of nitrogens with one attached hydrogen (secondary N) is 2. The highest BCUT2D eigenvalue weighted by atomic mass is 16.5. The third-order valence-corrected chi connectivity index (χ3v) is 6.79. The molecule has 1 fully saturated rings. The minimum Gasteiger partial charge on any atom is -0.494 e. The molecule has 0 radical (unpaired) electrons. The topological polar surface area (TPSA) is 62.3 Å². The SMILES string of the molecule is CCOc1ccccc1CNC[C@H]1CC[C@@H](Nc2nc3c(c(N(C)C)n2)CCCC3)CC1. The Morgan fingerprint density at radius 1 is 1.03 bits per heavy atom. The summed E-state index contributed by atoms with van der Waals surface area (Å²) in [6, 6.07) is 8.81. The van der Waals surface area contributed by atoms with Gasteiger partial charge in [0.2, 0.25) is 5.95 Å². The molecule has 0 amide bonds. The average molecular weight is 438 g/mol. The molecule has 32 heavy (non-hydrogen) atoms. The lowest BCUT2D eigenvalue weighted by Gasteiger charge is -2.30. The van der Waals surface area contributed by atoms with Crippen LogP contribution in [0.2, 0.25) is 0 Å². The maximum atomic E-state index is 5.74. The van der Waals surface area contributed by atoms with E-state index in [4.69, 9.17) is 14.7 Å². The largest absolute Gasteiger partial charge is 0.494 e. The van der Waals surface area contributed by atoms with Gasteiger partial charge in [0, 0.05) is 37.8 Å². The molecule has 0 saturated heterocycles. The number of para-hydroxylation sites is 1. The molecule has 0 atom stereocenters. The average Bonchev–Trinajstić information content (AvgIpc) is 2.81. The molecule has 2 aliphatic rings. The van der Waals surface area contributed by atoms with E-state index in [1.54, 1.807) is 0 Å². The van der Waals surface area contributed by atoms with E-state index in [9.17, 15) is 0 Å². The molecular formula is C26H39N5O. The van der Waals surface area contributed by atoms with Crippen LogP contribution >= 0.6 is 0 Å². The minimum atomic E-state index is 0.474. The summed E-state index contributed by atoms with van der Waals surface area (Å²) in [5, 5.41) is 7.32. The first kappa shape index (κ1) is 22.8. The first-order valence-electron chi connectivity index (χ1n) is 12.4. The van der Waals surface area contributed by atoms with E-state index < -0.39 is 0 Å². The Kier molecular flexibility index (Phi) is 7.85. The van der Waals surface area contributed by atoms with Gasteiger partial charge in [-0.3, -0.25) is 0 Å². The summed E-state index contributed by atoms with van der Waals surface area (Å²) in [4.78, 5) is 11.9. The number of anilines is 2. The number of aromatic nitrogens is 2. The van der Waals surface area contributed by atoms with Crippen molar-refractivity contribution in [2.45, 2.75) is 70.9 Å². The molecule has 2 N–H and O–H groups in total. The van der Waals surface area contributed by atoms with Crippen LogP contribution in [0, 0.1) is 5.92 Å². The summed E-state index contributed by atoms with van der Waals surface area (Å²) in [5.41, 5.74) is 3.85. The number of aryl methyl sites for hydroxylation is 1. The quantitative estimate of drug-likeness (QED) is 0.599. The summed E-state index contributed by atoms with van der Waals surface area (Å²) in [6.07, 6.45) is 9.52. The van der Waals surface area contributed by atoms with Gasteiger partial charge >= 0.3 is 0 Å². The van der Waals surface area contributed by atoms with Crippen LogP contribution in [0.3, 0.4) is 0 Å². The van der Waals surface area contributed by atoms with Crippen LogP contribution in [0.4, 0.5) is 11.8 Å². The second kappa shape index (κ2) is 11.0. The molecule has 0 unspecified atom stereocenters. The molecule has 6 heteroatoms. The van der Waals surface area contributed by atoms with Gasteiger partial charge in [-0.1, -0.05) is 18.2 Å². The van der Waals surface area contributed by atoms with Crippen LogP contribution in [0.1, 0.15) is 62.3 Å². The second-order valence-electron chi connectivity index (χ2n) is 9.43. The van der Waals surface area contributed by atoms with Crippen molar-refractivity contribution in [1.29, 1.82) is 0 Å². The summed E-state index contributed by atoms with van der Waals surface area (Å²) < 4.78 is 5.74. The summed E-state index contributed by atoms with van der Waals surface area (Å²) in [6.45, 7) is 4.67. The Labute approximate surface area is 193 Å². The van der Waals surface area contributed by atoms with E-state index in [2.05, 4.69) is 47.8 Å². The van der Waals surface area contributed by atoms with Crippen LogP contribution in [0.25, 0.3) is 0 Å². The van der Waals surface area contributed by atoms with E-state index in [-0.39, 0.29) is 0 Å². The molecule has 0 bridgehead atoms. The van der Waals surface area contributed by atoms with Crippen molar-refractivity contribution >= 4 is 11.8 Å². The fraction of sp³-hybridized carbons (Fsp3) is 0.615. The molecule has 6 nitrogen and oxygen atoms in total. The Bertz CT molecular complexity index is 877. The Morgan fingerprint density at radius 3 is 2.59 bits per heavy atom. The first-order valence-corrected chi connectivity index (χ1v) is 12.4. The van der Waals surface area contributed by atoms with Crippen LogP contribution in [0.15, 0.2) is 24.3 Å². The monoisotopic (exact) mass is 437 g/mol. The number of ether oxygens (including phenoxy) is 1. The number of rotatable bonds is 9. The van der Waals surface area contributed by atoms with Gasteiger partial charge in [-0.05, 0) is 76.8 Å². The molecule has 0 aliphatic heterocycles. The van der Waals surface area contributed by atoms with Crippen molar-refractivity contribution in [2.24, 2.45) is 5.92 Å². The first-order chi connectivity index (χ1) is 15.6. The molecule has 1 saturated carbocycles. The van der Waals surface area contributed by atoms with Gasteiger partial charge in [-0.25, -0.2) is 4.98 Å². The van der Waals surface area contributed by atoms with E-state index in [1.165, 1.54) is 55.3 Å². The van der Waals surface area contributed by atoms with Gasteiger partial charge in [0.05, 0.1) is 12.3 Å². The Balaban J connectivity index is 1.26. The lowest BCUT2D eigenvalue weighted by molar-refractivity contribution is 0.318. The lowest BCUT2D eigenvalue weighted by Crippen LogP contribution is -2.32. The van der Waals surface area contributed by atoms with Gasteiger partial charge in [0.15, 0.2) is 0 Å². The van der Waals surface area contributed by atoms with Crippen LogP contribution in [-0.2, 0) is 19.4 Å². The smallest absolute Gasteiger partial charge is 0.225 e. The molecule has 2 aromatic rings. The minimum absolute atomic E-state index is 0.474. The van der Waals surface area contributed by atoms with Gasteiger partial charge in [-0.15, -0.1) is 0 Å². The van der Waals surface area contributed by atoms with Crippen LogP contribution in [-0.4, -0.2) is 43.3 Å². The highest BCUT2D eigenvalue weighted by Crippen LogP contribution is 2.30. The molecule has 1 heterocycles. The third kappa shape index (κ3) is 5.71. The van der Waals surface area contributed by atoms with Gasteiger partial charge < -0.3 is 20.3 Å². The molecule has 1 aromatic heterocycles. The molecule has 0 spiro atoms. The zero-order valence-electron chi connectivity index (χ0n) is 20.0. The Morgan fingerprint density at radius 2 is 1.81 bits per heavy atom. The highest BCUT2D eigenvalue weighted by Gasteiger charge is 2.24. The maximum Gasteiger partial charge on any atom is 0.225 e. The molecule has 4 rings (SSSR count).